The molecule has 7 heteroatoms. The highest BCUT2D eigenvalue weighted by Crippen LogP contribution is 2.15. The largest absolute Gasteiger partial charge is 0.475 e. The van der Waals surface area contributed by atoms with Crippen LogP contribution in [-0.4, -0.2) is 57.1 Å². The van der Waals surface area contributed by atoms with Crippen molar-refractivity contribution in [3.8, 4) is 5.88 Å². The van der Waals surface area contributed by atoms with E-state index in [1.54, 1.807) is 13.2 Å². The highest BCUT2D eigenvalue weighted by Gasteiger charge is 2.13. The van der Waals surface area contributed by atoms with Gasteiger partial charge in [-0.1, -0.05) is 13.8 Å². The molecule has 1 aromatic heterocycles. The highest BCUT2D eigenvalue weighted by molar-refractivity contribution is 5.79. The molecule has 30 heavy (non-hydrogen) atoms. The molecule has 170 valence electrons. The molecule has 2 rings (SSSR count). The molecule has 0 radical (unpaired) electrons. The number of guanidine groups is 1. The molecule has 1 fully saturated rings. The van der Waals surface area contributed by atoms with E-state index in [0.29, 0.717) is 24.3 Å². The third-order valence-corrected chi connectivity index (χ3v) is 5.06. The van der Waals surface area contributed by atoms with Crippen LogP contribution in [0.2, 0.25) is 0 Å². The van der Waals surface area contributed by atoms with Gasteiger partial charge in [0.25, 0.3) is 0 Å². The minimum absolute atomic E-state index is 0.156. The summed E-state index contributed by atoms with van der Waals surface area (Å²) in [6.07, 6.45) is 6.15. The second-order valence-corrected chi connectivity index (χ2v) is 8.40. The Balaban J connectivity index is 1.62. The molecule has 2 heterocycles. The molecular weight excluding hydrogens is 380 g/mol. The first-order valence-electron chi connectivity index (χ1n) is 11.3. The van der Waals surface area contributed by atoms with E-state index in [0.717, 1.165) is 70.2 Å². The summed E-state index contributed by atoms with van der Waals surface area (Å²) in [6, 6.07) is 3.98. The molecule has 1 aliphatic heterocycles. The molecule has 0 aliphatic carbocycles. The van der Waals surface area contributed by atoms with E-state index in [1.165, 1.54) is 0 Å². The number of ether oxygens (including phenoxy) is 3. The SMILES string of the molecule is CN=C(NCCCOCC1CCOCC1)NCc1ccnc(OC(C)CC(C)C)c1. The number of aliphatic imine (C=N–C) groups is 1. The minimum atomic E-state index is 0.156. The van der Waals surface area contributed by atoms with Gasteiger partial charge in [0.05, 0.1) is 6.10 Å². The Morgan fingerprint density at radius 3 is 2.80 bits per heavy atom. The number of nitrogens with zero attached hydrogens (tertiary/aromatic N) is 2. The van der Waals surface area contributed by atoms with Crippen LogP contribution in [0.25, 0.3) is 0 Å². The standard InChI is InChI=1S/C23H40N4O3/c1-18(2)14-19(3)30-22-15-21(6-10-25-22)16-27-23(24-4)26-9-5-11-29-17-20-7-12-28-13-8-20/h6,10,15,18-20H,5,7-9,11-14,16-17H2,1-4H3,(H2,24,26,27). The second kappa shape index (κ2) is 14.2. The Kier molecular flexibility index (Phi) is 11.6. The fourth-order valence-electron chi connectivity index (χ4n) is 3.49. The van der Waals surface area contributed by atoms with E-state index in [4.69, 9.17) is 14.2 Å². The number of hydrogen-bond donors (Lipinski definition) is 2. The monoisotopic (exact) mass is 420 g/mol. The zero-order chi connectivity index (χ0) is 21.6. The summed E-state index contributed by atoms with van der Waals surface area (Å²) in [5, 5.41) is 6.68. The van der Waals surface area contributed by atoms with E-state index >= 15 is 0 Å². The molecule has 0 bridgehead atoms. The van der Waals surface area contributed by atoms with Crippen LogP contribution in [-0.2, 0) is 16.0 Å². The van der Waals surface area contributed by atoms with Gasteiger partial charge in [0, 0.05) is 58.8 Å². The lowest BCUT2D eigenvalue weighted by atomic mass is 10.0. The molecule has 2 N–H and O–H groups in total. The van der Waals surface area contributed by atoms with E-state index in [-0.39, 0.29) is 6.10 Å². The Hall–Kier alpha value is -1.86. The summed E-state index contributed by atoms with van der Waals surface area (Å²) < 4.78 is 17.1. The third kappa shape index (κ3) is 10.3. The summed E-state index contributed by atoms with van der Waals surface area (Å²) in [4.78, 5) is 8.62. The maximum absolute atomic E-state index is 5.94. The lowest BCUT2D eigenvalue weighted by Crippen LogP contribution is -2.37. The van der Waals surface area contributed by atoms with Crippen LogP contribution in [0.3, 0.4) is 0 Å². The Labute approximate surface area is 182 Å². The number of aromatic nitrogens is 1. The average Bonchev–Trinajstić information content (AvgIpc) is 2.73. The fourth-order valence-corrected chi connectivity index (χ4v) is 3.49. The number of rotatable bonds is 12. The zero-order valence-electron chi connectivity index (χ0n) is 19.2. The van der Waals surface area contributed by atoms with E-state index < -0.39 is 0 Å². The lowest BCUT2D eigenvalue weighted by Gasteiger charge is -2.21. The van der Waals surface area contributed by atoms with Crippen molar-refractivity contribution in [3.63, 3.8) is 0 Å². The number of nitrogens with one attached hydrogen (secondary N) is 2. The van der Waals surface area contributed by atoms with Crippen molar-refractivity contribution in [2.75, 3.05) is 40.0 Å². The van der Waals surface area contributed by atoms with Gasteiger partial charge in [-0.15, -0.1) is 0 Å². The Morgan fingerprint density at radius 1 is 1.27 bits per heavy atom. The quantitative estimate of drug-likeness (QED) is 0.307. The fraction of sp³-hybridized carbons (Fsp3) is 0.739. The van der Waals surface area contributed by atoms with Gasteiger partial charge in [0.2, 0.25) is 5.88 Å². The number of hydrogen-bond acceptors (Lipinski definition) is 5. The average molecular weight is 421 g/mol. The van der Waals surface area contributed by atoms with Gasteiger partial charge in [0.1, 0.15) is 0 Å². The van der Waals surface area contributed by atoms with Gasteiger partial charge in [-0.2, -0.15) is 0 Å². The molecule has 1 unspecified atom stereocenters. The normalized spacial score (nSPS) is 16.5. The Morgan fingerprint density at radius 2 is 2.07 bits per heavy atom. The van der Waals surface area contributed by atoms with E-state index in [2.05, 4.69) is 41.4 Å². The second-order valence-electron chi connectivity index (χ2n) is 8.40. The maximum atomic E-state index is 5.94. The van der Waals surface area contributed by atoms with Crippen molar-refractivity contribution in [1.82, 2.24) is 15.6 Å². The van der Waals surface area contributed by atoms with Gasteiger partial charge >= 0.3 is 0 Å². The predicted molar refractivity (Wildman–Crippen MR) is 121 cm³/mol. The van der Waals surface area contributed by atoms with Crippen molar-refractivity contribution < 1.29 is 14.2 Å². The summed E-state index contributed by atoms with van der Waals surface area (Å²) in [5.41, 5.74) is 1.11. The molecule has 1 aliphatic rings. The molecule has 1 saturated heterocycles. The topological polar surface area (TPSA) is 77.0 Å². The first kappa shape index (κ1) is 24.4. The van der Waals surface area contributed by atoms with Crippen LogP contribution in [0.4, 0.5) is 0 Å². The summed E-state index contributed by atoms with van der Waals surface area (Å²) in [6.45, 7) is 11.3. The number of pyridine rings is 1. The maximum Gasteiger partial charge on any atom is 0.213 e. The van der Waals surface area contributed by atoms with Gasteiger partial charge in [-0.05, 0) is 56.1 Å². The molecule has 1 aromatic rings. The summed E-state index contributed by atoms with van der Waals surface area (Å²) in [7, 11) is 1.78. The summed E-state index contributed by atoms with van der Waals surface area (Å²) in [5.74, 6) is 2.72. The molecule has 0 saturated carbocycles. The first-order valence-corrected chi connectivity index (χ1v) is 11.3. The Bertz CT molecular complexity index is 618. The highest BCUT2D eigenvalue weighted by atomic mass is 16.5. The van der Waals surface area contributed by atoms with Crippen molar-refractivity contribution in [3.05, 3.63) is 23.9 Å². The molecule has 0 amide bonds. The smallest absolute Gasteiger partial charge is 0.213 e. The van der Waals surface area contributed by atoms with Crippen LogP contribution in [0.1, 0.15) is 52.0 Å². The lowest BCUT2D eigenvalue weighted by molar-refractivity contribution is 0.0203. The van der Waals surface area contributed by atoms with Gasteiger partial charge < -0.3 is 24.8 Å². The van der Waals surface area contributed by atoms with Crippen molar-refractivity contribution in [2.45, 2.75) is 59.1 Å². The van der Waals surface area contributed by atoms with Crippen LogP contribution in [0.5, 0.6) is 5.88 Å². The summed E-state index contributed by atoms with van der Waals surface area (Å²) >= 11 is 0. The molecule has 0 aromatic carbocycles. The van der Waals surface area contributed by atoms with Crippen molar-refractivity contribution >= 4 is 5.96 Å². The van der Waals surface area contributed by atoms with Crippen LogP contribution >= 0.6 is 0 Å². The minimum Gasteiger partial charge on any atom is -0.475 e. The molecule has 1 atom stereocenters. The van der Waals surface area contributed by atoms with E-state index in [1.807, 2.05) is 12.1 Å². The van der Waals surface area contributed by atoms with Crippen LogP contribution in [0, 0.1) is 11.8 Å². The molecule has 0 spiro atoms. The van der Waals surface area contributed by atoms with E-state index in [9.17, 15) is 0 Å². The predicted octanol–water partition coefficient (Wildman–Crippen LogP) is 3.39. The van der Waals surface area contributed by atoms with Crippen molar-refractivity contribution in [2.24, 2.45) is 16.8 Å². The van der Waals surface area contributed by atoms with Gasteiger partial charge in [-0.25, -0.2) is 4.98 Å². The van der Waals surface area contributed by atoms with Gasteiger partial charge in [-0.3, -0.25) is 4.99 Å². The molecular formula is C23H40N4O3. The first-order chi connectivity index (χ1) is 14.6. The zero-order valence-corrected chi connectivity index (χ0v) is 19.2. The van der Waals surface area contributed by atoms with Gasteiger partial charge in [0.15, 0.2) is 5.96 Å². The molecule has 7 nitrogen and oxygen atoms in total. The van der Waals surface area contributed by atoms with Crippen molar-refractivity contribution in [1.29, 1.82) is 0 Å². The van der Waals surface area contributed by atoms with Crippen LogP contribution < -0.4 is 15.4 Å². The van der Waals surface area contributed by atoms with Crippen LogP contribution in [0.15, 0.2) is 23.3 Å². The third-order valence-electron chi connectivity index (χ3n) is 5.06.